The van der Waals surface area contributed by atoms with E-state index in [9.17, 15) is 22.4 Å². The third kappa shape index (κ3) is 6.57. The molecule has 0 saturated heterocycles. The van der Waals surface area contributed by atoms with Gasteiger partial charge in [-0.15, -0.1) is 0 Å². The molecule has 0 unspecified atom stereocenters. The first-order chi connectivity index (χ1) is 16.6. The molecule has 10 heteroatoms. The van der Waals surface area contributed by atoms with Crippen molar-refractivity contribution < 1.29 is 31.9 Å². The highest BCUT2D eigenvalue weighted by atomic mass is 32.2. The molecule has 0 fully saturated rings. The number of anilines is 2. The van der Waals surface area contributed by atoms with Crippen molar-refractivity contribution in [3.63, 3.8) is 0 Å². The lowest BCUT2D eigenvalue weighted by Gasteiger charge is -2.24. The second-order valence-corrected chi connectivity index (χ2v) is 9.43. The van der Waals surface area contributed by atoms with E-state index in [0.717, 1.165) is 10.6 Å². The second kappa shape index (κ2) is 11.0. The van der Waals surface area contributed by atoms with Gasteiger partial charge in [-0.1, -0.05) is 0 Å². The van der Waals surface area contributed by atoms with Gasteiger partial charge in [-0.3, -0.25) is 9.10 Å². The topological polar surface area (TPSA) is 102 Å². The molecule has 35 heavy (non-hydrogen) atoms. The summed E-state index contributed by atoms with van der Waals surface area (Å²) in [6.45, 7) is 1.99. The van der Waals surface area contributed by atoms with Gasteiger partial charge in [0.1, 0.15) is 11.6 Å². The number of nitrogens with zero attached hydrogens (tertiary/aromatic N) is 1. The van der Waals surface area contributed by atoms with Crippen molar-refractivity contribution in [3.8, 4) is 5.75 Å². The molecule has 184 valence electrons. The number of carbonyl (C=O) groups is 2. The van der Waals surface area contributed by atoms with Crippen LogP contribution in [0.25, 0.3) is 0 Å². The first-order valence-electron chi connectivity index (χ1n) is 10.6. The Bertz CT molecular complexity index is 1310. The van der Waals surface area contributed by atoms with Crippen molar-refractivity contribution in [2.75, 3.05) is 29.6 Å². The van der Waals surface area contributed by atoms with Crippen LogP contribution in [0, 0.1) is 5.82 Å². The van der Waals surface area contributed by atoms with E-state index in [-0.39, 0.29) is 17.8 Å². The highest BCUT2D eigenvalue weighted by Gasteiger charge is 2.21. The van der Waals surface area contributed by atoms with Crippen molar-refractivity contribution in [2.45, 2.75) is 13.5 Å². The minimum atomic E-state index is -3.74. The fraction of sp³-hybridized carbons (Fsp3) is 0.200. The van der Waals surface area contributed by atoms with E-state index in [1.807, 2.05) is 0 Å². The molecule has 0 heterocycles. The number of hydrogen-bond donors (Lipinski definition) is 1. The van der Waals surface area contributed by atoms with Crippen molar-refractivity contribution in [1.82, 2.24) is 0 Å². The SMILES string of the molecule is CCOc1ccc(C(=O)Nc2ccc(C(=O)OC)cc2)cc1CN(c1ccc(F)cc1)S(C)(=O)=O. The van der Waals surface area contributed by atoms with Gasteiger partial charge in [-0.25, -0.2) is 17.6 Å². The number of halogens is 1. The minimum absolute atomic E-state index is 0.130. The Morgan fingerprint density at radius 1 is 0.971 bits per heavy atom. The summed E-state index contributed by atoms with van der Waals surface area (Å²) >= 11 is 0. The van der Waals surface area contributed by atoms with Crippen LogP contribution in [-0.4, -0.2) is 40.3 Å². The van der Waals surface area contributed by atoms with Gasteiger partial charge in [0.2, 0.25) is 10.0 Å². The number of nitrogens with one attached hydrogen (secondary N) is 1. The smallest absolute Gasteiger partial charge is 0.337 e. The van der Waals surface area contributed by atoms with Crippen LogP contribution in [0.15, 0.2) is 66.7 Å². The predicted octanol–water partition coefficient (Wildman–Crippen LogP) is 4.23. The van der Waals surface area contributed by atoms with Gasteiger partial charge in [0, 0.05) is 16.8 Å². The lowest BCUT2D eigenvalue weighted by Crippen LogP contribution is -2.29. The van der Waals surface area contributed by atoms with Crippen LogP contribution >= 0.6 is 0 Å². The molecule has 0 atom stereocenters. The monoisotopic (exact) mass is 500 g/mol. The highest BCUT2D eigenvalue weighted by Crippen LogP contribution is 2.27. The van der Waals surface area contributed by atoms with Gasteiger partial charge in [0.25, 0.3) is 5.91 Å². The van der Waals surface area contributed by atoms with E-state index >= 15 is 0 Å². The van der Waals surface area contributed by atoms with Crippen LogP contribution in [-0.2, 0) is 21.3 Å². The maximum absolute atomic E-state index is 13.4. The van der Waals surface area contributed by atoms with Crippen LogP contribution < -0.4 is 14.4 Å². The molecule has 0 bridgehead atoms. The molecular formula is C25H25FN2O6S. The molecule has 0 aromatic heterocycles. The molecule has 1 amide bonds. The summed E-state index contributed by atoms with van der Waals surface area (Å²) in [5, 5.41) is 2.74. The molecule has 1 N–H and O–H groups in total. The van der Waals surface area contributed by atoms with Crippen LogP contribution in [0.3, 0.4) is 0 Å². The summed E-state index contributed by atoms with van der Waals surface area (Å²) in [6.07, 6.45) is 1.05. The highest BCUT2D eigenvalue weighted by molar-refractivity contribution is 7.92. The third-order valence-corrected chi connectivity index (χ3v) is 6.16. The van der Waals surface area contributed by atoms with E-state index in [0.29, 0.717) is 29.2 Å². The molecule has 3 aromatic rings. The number of sulfonamides is 1. The Morgan fingerprint density at radius 2 is 1.60 bits per heavy atom. The van der Waals surface area contributed by atoms with Gasteiger partial charge < -0.3 is 14.8 Å². The lowest BCUT2D eigenvalue weighted by atomic mass is 10.1. The van der Waals surface area contributed by atoms with Gasteiger partial charge >= 0.3 is 5.97 Å². The molecule has 0 radical (unpaired) electrons. The van der Waals surface area contributed by atoms with Crippen LogP contribution in [0.5, 0.6) is 5.75 Å². The number of ether oxygens (including phenoxy) is 2. The van der Waals surface area contributed by atoms with Crippen LogP contribution in [0.2, 0.25) is 0 Å². The van der Waals surface area contributed by atoms with Gasteiger partial charge in [0.05, 0.1) is 37.8 Å². The zero-order chi connectivity index (χ0) is 25.6. The third-order valence-electron chi connectivity index (χ3n) is 5.02. The maximum Gasteiger partial charge on any atom is 0.337 e. The normalized spacial score (nSPS) is 11.0. The number of esters is 1. The lowest BCUT2D eigenvalue weighted by molar-refractivity contribution is 0.0600. The molecule has 0 saturated carbocycles. The second-order valence-electron chi connectivity index (χ2n) is 7.52. The van der Waals surface area contributed by atoms with Gasteiger partial charge in [0.15, 0.2) is 0 Å². The summed E-state index contributed by atoms with van der Waals surface area (Å²) < 4.78 is 49.9. The Kier molecular flexibility index (Phi) is 8.08. The van der Waals surface area contributed by atoms with Crippen molar-refractivity contribution in [3.05, 3.63) is 89.2 Å². The Hall–Kier alpha value is -3.92. The van der Waals surface area contributed by atoms with E-state index in [4.69, 9.17) is 4.74 Å². The molecule has 0 aliphatic rings. The number of carbonyl (C=O) groups excluding carboxylic acids is 2. The van der Waals surface area contributed by atoms with Crippen LogP contribution in [0.4, 0.5) is 15.8 Å². The summed E-state index contributed by atoms with van der Waals surface area (Å²) in [6, 6.07) is 16.0. The average molecular weight is 501 g/mol. The van der Waals surface area contributed by atoms with E-state index in [1.54, 1.807) is 37.3 Å². The zero-order valence-corrected chi connectivity index (χ0v) is 20.3. The number of hydrogen-bond acceptors (Lipinski definition) is 6. The summed E-state index contributed by atoms with van der Waals surface area (Å²) in [4.78, 5) is 24.5. The maximum atomic E-state index is 13.4. The van der Waals surface area contributed by atoms with Gasteiger partial charge in [-0.2, -0.15) is 0 Å². The van der Waals surface area contributed by atoms with Crippen molar-refractivity contribution >= 4 is 33.3 Å². The molecule has 0 aliphatic carbocycles. The summed E-state index contributed by atoms with van der Waals surface area (Å²) in [5.74, 6) is -0.999. The summed E-state index contributed by atoms with van der Waals surface area (Å²) in [7, 11) is -2.46. The van der Waals surface area contributed by atoms with Gasteiger partial charge in [-0.05, 0) is 73.7 Å². The number of amides is 1. The molecular weight excluding hydrogens is 475 g/mol. The summed E-state index contributed by atoms with van der Waals surface area (Å²) in [5.41, 5.74) is 1.80. The predicted molar refractivity (Wildman–Crippen MR) is 131 cm³/mol. The quantitative estimate of drug-likeness (QED) is 0.441. The number of benzene rings is 3. The Balaban J connectivity index is 1.90. The fourth-order valence-corrected chi connectivity index (χ4v) is 4.19. The zero-order valence-electron chi connectivity index (χ0n) is 19.4. The Morgan fingerprint density at radius 3 is 2.17 bits per heavy atom. The standard InChI is InChI=1S/C25H25FN2O6S/c1-4-34-23-14-7-18(24(29)27-21-10-5-17(6-11-21)25(30)33-2)15-19(23)16-28(35(3,31)32)22-12-8-20(26)9-13-22/h5-15H,4,16H2,1-3H3,(H,27,29). The molecule has 8 nitrogen and oxygen atoms in total. The fourth-order valence-electron chi connectivity index (χ4n) is 3.31. The van der Waals surface area contributed by atoms with Crippen molar-refractivity contribution in [2.24, 2.45) is 0 Å². The average Bonchev–Trinajstić information content (AvgIpc) is 2.83. The first-order valence-corrected chi connectivity index (χ1v) is 12.5. The van der Waals surface area contributed by atoms with Crippen molar-refractivity contribution in [1.29, 1.82) is 0 Å². The van der Waals surface area contributed by atoms with E-state index < -0.39 is 27.7 Å². The largest absolute Gasteiger partial charge is 0.494 e. The minimum Gasteiger partial charge on any atom is -0.494 e. The molecule has 0 aliphatic heterocycles. The molecule has 0 spiro atoms. The molecule has 3 rings (SSSR count). The van der Waals surface area contributed by atoms with Crippen LogP contribution in [0.1, 0.15) is 33.2 Å². The first kappa shape index (κ1) is 25.7. The van der Waals surface area contributed by atoms with E-state index in [2.05, 4.69) is 10.1 Å². The number of methoxy groups -OCH3 is 1. The van der Waals surface area contributed by atoms with E-state index in [1.165, 1.54) is 43.5 Å². The number of rotatable bonds is 9. The molecule has 3 aromatic carbocycles. The Labute approximate surface area is 203 Å².